The molecule has 1 aliphatic rings. The lowest BCUT2D eigenvalue weighted by molar-refractivity contribution is -0.124. The molecule has 19 heavy (non-hydrogen) atoms. The van der Waals surface area contributed by atoms with Crippen molar-refractivity contribution in [3.63, 3.8) is 0 Å². The van der Waals surface area contributed by atoms with Gasteiger partial charge in [-0.1, -0.05) is 12.1 Å². The molecule has 4 heteroatoms. The number of carbonyl (C=O) groups excluding carboxylic acids is 1. The van der Waals surface area contributed by atoms with Gasteiger partial charge in [-0.05, 0) is 42.0 Å². The molecule has 2 aromatic rings. The minimum atomic E-state index is -0.00218. The average molecular weight is 255 g/mol. The fraction of sp³-hybridized carbons (Fsp3) is 0.133. The highest BCUT2D eigenvalue weighted by Gasteiger charge is 2.38. The molecule has 1 heterocycles. The fourth-order valence-electron chi connectivity index (χ4n) is 2.32. The van der Waals surface area contributed by atoms with Crippen molar-refractivity contribution in [2.75, 3.05) is 4.90 Å². The van der Waals surface area contributed by atoms with Crippen LogP contribution in [0.5, 0.6) is 11.5 Å². The first-order valence-corrected chi connectivity index (χ1v) is 6.05. The lowest BCUT2D eigenvalue weighted by Crippen LogP contribution is -2.46. The van der Waals surface area contributed by atoms with Crippen LogP contribution >= 0.6 is 0 Å². The number of β-lactam (4-membered cyclic amide) rings is 1. The smallest absolute Gasteiger partial charge is 0.230 e. The first-order valence-electron chi connectivity index (χ1n) is 6.05. The van der Waals surface area contributed by atoms with Crippen molar-refractivity contribution in [3.05, 3.63) is 54.1 Å². The zero-order valence-corrected chi connectivity index (χ0v) is 10.2. The summed E-state index contributed by atoms with van der Waals surface area (Å²) in [5, 5.41) is 18.6. The highest BCUT2D eigenvalue weighted by atomic mass is 16.3. The van der Waals surface area contributed by atoms with Gasteiger partial charge in [0.2, 0.25) is 5.91 Å². The fourth-order valence-corrected chi connectivity index (χ4v) is 2.32. The monoisotopic (exact) mass is 255 g/mol. The van der Waals surface area contributed by atoms with Gasteiger partial charge < -0.3 is 15.1 Å². The van der Waals surface area contributed by atoms with E-state index in [1.54, 1.807) is 41.3 Å². The SMILES string of the molecule is O=C1CC(c2ccc(O)cc2)N1c1ccc(O)cc1. The molecule has 1 amide bonds. The Hall–Kier alpha value is -2.49. The number of benzene rings is 2. The molecule has 1 aliphatic heterocycles. The highest BCUT2D eigenvalue weighted by Crippen LogP contribution is 2.39. The van der Waals surface area contributed by atoms with Crippen LogP contribution in [0, 0.1) is 0 Å². The molecule has 1 saturated heterocycles. The number of nitrogens with zero attached hydrogens (tertiary/aromatic N) is 1. The van der Waals surface area contributed by atoms with E-state index in [2.05, 4.69) is 0 Å². The Bertz CT molecular complexity index is 604. The summed E-state index contributed by atoms with van der Waals surface area (Å²) in [7, 11) is 0. The molecular weight excluding hydrogens is 242 g/mol. The summed E-state index contributed by atoms with van der Waals surface area (Å²) < 4.78 is 0. The molecule has 4 nitrogen and oxygen atoms in total. The molecule has 0 radical (unpaired) electrons. The van der Waals surface area contributed by atoms with E-state index >= 15 is 0 Å². The van der Waals surface area contributed by atoms with Gasteiger partial charge in [0.25, 0.3) is 0 Å². The van der Waals surface area contributed by atoms with Crippen molar-refractivity contribution in [1.82, 2.24) is 0 Å². The van der Waals surface area contributed by atoms with Crippen LogP contribution < -0.4 is 4.90 Å². The minimum Gasteiger partial charge on any atom is -0.508 e. The van der Waals surface area contributed by atoms with Gasteiger partial charge in [-0.15, -0.1) is 0 Å². The van der Waals surface area contributed by atoms with Crippen molar-refractivity contribution in [2.45, 2.75) is 12.5 Å². The molecule has 3 rings (SSSR count). The summed E-state index contributed by atoms with van der Waals surface area (Å²) in [6, 6.07) is 13.4. The number of aromatic hydroxyl groups is 2. The van der Waals surface area contributed by atoms with E-state index < -0.39 is 0 Å². The van der Waals surface area contributed by atoms with Gasteiger partial charge in [-0.25, -0.2) is 0 Å². The topological polar surface area (TPSA) is 60.8 Å². The van der Waals surface area contributed by atoms with E-state index in [1.807, 2.05) is 12.1 Å². The molecule has 0 saturated carbocycles. The van der Waals surface area contributed by atoms with Crippen LogP contribution in [0.3, 0.4) is 0 Å². The van der Waals surface area contributed by atoms with Crippen molar-refractivity contribution < 1.29 is 15.0 Å². The molecular formula is C15H13NO3. The number of amides is 1. The Labute approximate surface area is 110 Å². The van der Waals surface area contributed by atoms with E-state index in [-0.39, 0.29) is 23.4 Å². The van der Waals surface area contributed by atoms with Crippen molar-refractivity contribution in [2.24, 2.45) is 0 Å². The maximum atomic E-state index is 11.8. The van der Waals surface area contributed by atoms with E-state index in [0.717, 1.165) is 11.3 Å². The van der Waals surface area contributed by atoms with Crippen LogP contribution in [0.25, 0.3) is 0 Å². The standard InChI is InChI=1S/C15H13NO3/c17-12-5-1-10(2-6-12)14-9-15(19)16(14)11-3-7-13(18)8-4-11/h1-8,14,17-18H,9H2. The molecule has 2 N–H and O–H groups in total. The van der Waals surface area contributed by atoms with E-state index in [0.29, 0.717) is 6.42 Å². The second-order valence-corrected chi connectivity index (χ2v) is 4.59. The number of carbonyl (C=O) groups is 1. The molecule has 2 aromatic carbocycles. The van der Waals surface area contributed by atoms with Crippen LogP contribution in [0.1, 0.15) is 18.0 Å². The Morgan fingerprint density at radius 1 is 0.895 bits per heavy atom. The molecule has 0 aromatic heterocycles. The van der Waals surface area contributed by atoms with Gasteiger partial charge in [0, 0.05) is 5.69 Å². The van der Waals surface area contributed by atoms with Gasteiger partial charge in [-0.3, -0.25) is 4.79 Å². The normalized spacial score (nSPS) is 18.2. The summed E-state index contributed by atoms with van der Waals surface area (Å²) in [6.45, 7) is 0. The third kappa shape index (κ3) is 2.01. The van der Waals surface area contributed by atoms with E-state index in [1.165, 1.54) is 0 Å². The van der Waals surface area contributed by atoms with Crippen LogP contribution in [0.15, 0.2) is 48.5 Å². The maximum Gasteiger partial charge on any atom is 0.230 e. The first kappa shape index (κ1) is 11.6. The Morgan fingerprint density at radius 3 is 1.95 bits per heavy atom. The summed E-state index contributed by atoms with van der Waals surface area (Å²) in [6.07, 6.45) is 0.464. The molecule has 0 spiro atoms. The molecule has 1 unspecified atom stereocenters. The zero-order valence-electron chi connectivity index (χ0n) is 10.2. The minimum absolute atomic E-state index is 0.00218. The van der Waals surface area contributed by atoms with Crippen molar-refractivity contribution in [1.29, 1.82) is 0 Å². The van der Waals surface area contributed by atoms with Gasteiger partial charge >= 0.3 is 0 Å². The summed E-state index contributed by atoms with van der Waals surface area (Å²) in [5.74, 6) is 0.451. The highest BCUT2D eigenvalue weighted by molar-refractivity contribution is 6.01. The quantitative estimate of drug-likeness (QED) is 0.811. The Balaban J connectivity index is 1.90. The Morgan fingerprint density at radius 2 is 1.42 bits per heavy atom. The second kappa shape index (κ2) is 4.31. The van der Waals surface area contributed by atoms with Crippen LogP contribution in [0.2, 0.25) is 0 Å². The number of anilines is 1. The maximum absolute atomic E-state index is 11.8. The van der Waals surface area contributed by atoms with Crippen LogP contribution in [-0.2, 0) is 4.79 Å². The van der Waals surface area contributed by atoms with Crippen molar-refractivity contribution in [3.8, 4) is 11.5 Å². The lowest BCUT2D eigenvalue weighted by Gasteiger charge is -2.40. The summed E-state index contributed by atoms with van der Waals surface area (Å²) in [5.41, 5.74) is 1.76. The summed E-state index contributed by atoms with van der Waals surface area (Å²) >= 11 is 0. The number of hydrogen-bond donors (Lipinski definition) is 2. The third-order valence-electron chi connectivity index (χ3n) is 3.35. The number of rotatable bonds is 2. The van der Waals surface area contributed by atoms with Crippen LogP contribution in [-0.4, -0.2) is 16.1 Å². The average Bonchev–Trinajstić information content (AvgIpc) is 2.40. The third-order valence-corrected chi connectivity index (χ3v) is 3.35. The zero-order chi connectivity index (χ0) is 13.4. The predicted octanol–water partition coefficient (Wildman–Crippen LogP) is 2.58. The predicted molar refractivity (Wildman–Crippen MR) is 71.1 cm³/mol. The van der Waals surface area contributed by atoms with E-state index in [9.17, 15) is 15.0 Å². The lowest BCUT2D eigenvalue weighted by atomic mass is 9.93. The largest absolute Gasteiger partial charge is 0.508 e. The molecule has 96 valence electrons. The van der Waals surface area contributed by atoms with E-state index in [4.69, 9.17) is 0 Å². The molecule has 1 atom stereocenters. The molecule has 1 fully saturated rings. The van der Waals surface area contributed by atoms with Gasteiger partial charge in [0.15, 0.2) is 0 Å². The number of phenols is 2. The van der Waals surface area contributed by atoms with Gasteiger partial charge in [0.1, 0.15) is 11.5 Å². The summed E-state index contributed by atoms with van der Waals surface area (Å²) in [4.78, 5) is 13.5. The Kier molecular flexibility index (Phi) is 2.63. The van der Waals surface area contributed by atoms with Crippen molar-refractivity contribution >= 4 is 11.6 Å². The number of phenolic OH excluding ortho intramolecular Hbond substituents is 2. The number of hydrogen-bond acceptors (Lipinski definition) is 3. The van der Waals surface area contributed by atoms with Gasteiger partial charge in [0.05, 0.1) is 12.5 Å². The molecule has 0 bridgehead atoms. The molecule has 0 aliphatic carbocycles. The van der Waals surface area contributed by atoms with Crippen LogP contribution in [0.4, 0.5) is 5.69 Å². The first-order chi connectivity index (χ1) is 9.15. The second-order valence-electron chi connectivity index (χ2n) is 4.59. The van der Waals surface area contributed by atoms with Gasteiger partial charge in [-0.2, -0.15) is 0 Å².